The van der Waals surface area contributed by atoms with Crippen molar-refractivity contribution in [3.05, 3.63) is 79.3 Å². The summed E-state index contributed by atoms with van der Waals surface area (Å²) in [6, 6.07) is 6.48. The third-order valence-corrected chi connectivity index (χ3v) is 6.68. The smallest absolute Gasteiger partial charge is 0.338 e. The molecule has 0 atom stereocenters. The van der Waals surface area contributed by atoms with E-state index >= 15 is 0 Å². The Morgan fingerprint density at radius 2 is 0.909 bits per heavy atom. The van der Waals surface area contributed by atoms with E-state index in [1.165, 1.54) is 28.4 Å². The number of carbonyl (C=O) groups is 4. The second-order valence-electron chi connectivity index (χ2n) is 7.48. The summed E-state index contributed by atoms with van der Waals surface area (Å²) in [5.74, 6) is -3.39. The lowest BCUT2D eigenvalue weighted by Crippen LogP contribution is -2.26. The summed E-state index contributed by atoms with van der Waals surface area (Å²) in [6.45, 7) is 0. The third-order valence-electron chi connectivity index (χ3n) is 5.96. The minimum absolute atomic E-state index is 0.0804. The second-order valence-corrected chi connectivity index (χ2v) is 8.40. The predicted molar refractivity (Wildman–Crippen MR) is 119 cm³/mol. The van der Waals surface area contributed by atoms with Crippen molar-refractivity contribution in [2.24, 2.45) is 0 Å². The molecule has 0 radical (unpaired) electrons. The number of methoxy groups -OCH3 is 4. The van der Waals surface area contributed by atoms with Crippen LogP contribution < -0.4 is 0 Å². The number of rotatable bonds is 4. The molecule has 5 rings (SSSR count). The highest BCUT2D eigenvalue weighted by atomic mass is 79.9. The number of ether oxygens (including phenoxy) is 4. The van der Waals surface area contributed by atoms with Crippen LogP contribution in [-0.4, -0.2) is 52.3 Å². The molecule has 0 fully saturated rings. The van der Waals surface area contributed by atoms with E-state index in [0.717, 1.165) is 26.7 Å². The van der Waals surface area contributed by atoms with Crippen LogP contribution in [0.3, 0.4) is 0 Å². The van der Waals surface area contributed by atoms with Gasteiger partial charge in [0.25, 0.3) is 0 Å². The van der Waals surface area contributed by atoms with Crippen LogP contribution in [0.1, 0.15) is 75.5 Å². The van der Waals surface area contributed by atoms with Crippen LogP contribution in [0.15, 0.2) is 34.8 Å². The zero-order chi connectivity index (χ0) is 24.0. The Balaban J connectivity index is 2.00. The largest absolute Gasteiger partial charge is 0.465 e. The van der Waals surface area contributed by atoms with Crippen molar-refractivity contribution < 1.29 is 38.1 Å². The van der Waals surface area contributed by atoms with Gasteiger partial charge in [0.05, 0.1) is 50.7 Å². The molecule has 3 aliphatic rings. The molecular formula is C24H19BrO8. The van der Waals surface area contributed by atoms with Gasteiger partial charge in [0.15, 0.2) is 0 Å². The predicted octanol–water partition coefficient (Wildman–Crippen LogP) is 3.70. The first-order valence-electron chi connectivity index (χ1n) is 9.83. The summed E-state index contributed by atoms with van der Waals surface area (Å²) in [7, 11) is 4.93. The molecule has 0 spiro atoms. The lowest BCUT2D eigenvalue weighted by Gasteiger charge is -2.39. The minimum atomic E-state index is -0.670. The molecule has 0 amide bonds. The van der Waals surface area contributed by atoms with E-state index in [-0.39, 0.29) is 34.1 Å². The number of esters is 4. The van der Waals surface area contributed by atoms with Gasteiger partial charge in [-0.05, 0) is 46.5 Å². The van der Waals surface area contributed by atoms with Crippen LogP contribution in [0.25, 0.3) is 0 Å². The molecule has 9 heteroatoms. The highest BCUT2D eigenvalue weighted by molar-refractivity contribution is 9.11. The zero-order valence-corrected chi connectivity index (χ0v) is 19.8. The van der Waals surface area contributed by atoms with Crippen molar-refractivity contribution in [2.75, 3.05) is 28.4 Å². The van der Waals surface area contributed by atoms with Gasteiger partial charge in [-0.15, -0.1) is 0 Å². The molecule has 8 nitrogen and oxygen atoms in total. The Kier molecular flexibility index (Phi) is 5.84. The summed E-state index contributed by atoms with van der Waals surface area (Å²) in [6.07, 6.45) is 1.97. The van der Waals surface area contributed by atoms with Gasteiger partial charge < -0.3 is 18.9 Å². The van der Waals surface area contributed by atoms with Crippen molar-refractivity contribution in [1.29, 1.82) is 0 Å². The molecule has 0 aromatic heterocycles. The van der Waals surface area contributed by atoms with Crippen molar-refractivity contribution in [1.82, 2.24) is 0 Å². The maximum Gasteiger partial charge on any atom is 0.338 e. The fourth-order valence-electron chi connectivity index (χ4n) is 4.49. The maximum atomic E-state index is 12.4. The highest BCUT2D eigenvalue weighted by Crippen LogP contribution is 2.55. The van der Waals surface area contributed by atoms with Crippen LogP contribution in [0.5, 0.6) is 0 Å². The standard InChI is InChI=1S/C24H19BrO8/c1-30-21(26)15-5-10-12-9-19(25)20(13(10)7-17(15)23(28)32-3)14-8-18(24(29)33-4)16(6-11(12)14)22(27)31-2/h5-9,12,20H,1-4H3. The van der Waals surface area contributed by atoms with Gasteiger partial charge >= 0.3 is 23.9 Å². The summed E-state index contributed by atoms with van der Waals surface area (Å²) in [5.41, 5.74) is 3.44. The summed E-state index contributed by atoms with van der Waals surface area (Å²) in [4.78, 5) is 49.7. The zero-order valence-electron chi connectivity index (χ0n) is 18.2. The second kappa shape index (κ2) is 8.47. The first-order valence-corrected chi connectivity index (χ1v) is 10.6. The number of benzene rings is 2. The Labute approximate surface area is 197 Å². The van der Waals surface area contributed by atoms with E-state index in [1.807, 2.05) is 6.08 Å². The van der Waals surface area contributed by atoms with Gasteiger partial charge in [0, 0.05) is 16.3 Å². The topological polar surface area (TPSA) is 105 Å². The Morgan fingerprint density at radius 3 is 1.21 bits per heavy atom. The average molecular weight is 515 g/mol. The van der Waals surface area contributed by atoms with Gasteiger partial charge in [-0.3, -0.25) is 0 Å². The van der Waals surface area contributed by atoms with E-state index in [0.29, 0.717) is 0 Å². The van der Waals surface area contributed by atoms with Gasteiger partial charge in [-0.25, -0.2) is 19.2 Å². The monoisotopic (exact) mass is 514 g/mol. The van der Waals surface area contributed by atoms with Crippen molar-refractivity contribution >= 4 is 39.8 Å². The van der Waals surface area contributed by atoms with Crippen LogP contribution in [0, 0.1) is 0 Å². The van der Waals surface area contributed by atoms with Crippen molar-refractivity contribution in [3.63, 3.8) is 0 Å². The van der Waals surface area contributed by atoms with Crippen molar-refractivity contribution in [2.45, 2.75) is 11.8 Å². The number of carbonyl (C=O) groups excluding carboxylic acids is 4. The average Bonchev–Trinajstić information content (AvgIpc) is 2.85. The number of allylic oxidation sites excluding steroid dienone is 2. The molecule has 0 unspecified atom stereocenters. The van der Waals surface area contributed by atoms with Crippen molar-refractivity contribution in [3.8, 4) is 0 Å². The fourth-order valence-corrected chi connectivity index (χ4v) is 5.25. The summed E-state index contributed by atoms with van der Waals surface area (Å²) in [5, 5.41) is 0. The first kappa shape index (κ1) is 22.7. The van der Waals surface area contributed by atoms with Crippen LogP contribution in [-0.2, 0) is 18.9 Å². The normalized spacial score (nSPS) is 17.3. The number of halogens is 1. The fraction of sp³-hybridized carbons (Fsp3) is 0.250. The quantitative estimate of drug-likeness (QED) is 0.449. The number of hydrogen-bond acceptors (Lipinski definition) is 8. The highest BCUT2D eigenvalue weighted by Gasteiger charge is 2.41. The van der Waals surface area contributed by atoms with Crippen LogP contribution in [0.2, 0.25) is 0 Å². The van der Waals surface area contributed by atoms with Gasteiger partial charge in [-0.2, -0.15) is 0 Å². The maximum absolute atomic E-state index is 12.4. The molecule has 33 heavy (non-hydrogen) atoms. The number of hydrogen-bond donors (Lipinski definition) is 0. The lowest BCUT2D eigenvalue weighted by atomic mass is 9.66. The lowest BCUT2D eigenvalue weighted by molar-refractivity contribution is 0.0554. The molecule has 0 N–H and O–H groups in total. The van der Waals surface area contributed by atoms with E-state index in [9.17, 15) is 19.2 Å². The molecule has 0 saturated heterocycles. The van der Waals surface area contributed by atoms with E-state index in [2.05, 4.69) is 15.9 Å². The Bertz CT molecular complexity index is 1170. The van der Waals surface area contributed by atoms with E-state index in [1.54, 1.807) is 24.3 Å². The molecule has 170 valence electrons. The van der Waals surface area contributed by atoms with Gasteiger partial charge in [0.1, 0.15) is 0 Å². The molecule has 2 aromatic rings. The van der Waals surface area contributed by atoms with Crippen LogP contribution >= 0.6 is 15.9 Å². The first-order chi connectivity index (χ1) is 15.8. The van der Waals surface area contributed by atoms with Gasteiger partial charge in [-0.1, -0.05) is 22.0 Å². The molecule has 0 saturated carbocycles. The van der Waals surface area contributed by atoms with E-state index < -0.39 is 23.9 Å². The summed E-state index contributed by atoms with van der Waals surface area (Å²) >= 11 is 3.61. The third kappa shape index (κ3) is 3.43. The molecule has 2 aromatic carbocycles. The van der Waals surface area contributed by atoms with Crippen LogP contribution in [0.4, 0.5) is 0 Å². The Hall–Kier alpha value is -3.46. The molecule has 2 bridgehead atoms. The molecular weight excluding hydrogens is 496 g/mol. The molecule has 0 aliphatic heterocycles. The van der Waals surface area contributed by atoms with E-state index in [4.69, 9.17) is 18.9 Å². The van der Waals surface area contributed by atoms with Gasteiger partial charge in [0.2, 0.25) is 0 Å². The SMILES string of the molecule is COC(=O)c1cc2c(cc1C(=O)OC)C1C(Br)=CC2c2cc(C(=O)OC)c(C(=O)OC)cc21. The minimum Gasteiger partial charge on any atom is -0.465 e. The molecule has 0 heterocycles. The molecule has 3 aliphatic carbocycles. The summed E-state index contributed by atoms with van der Waals surface area (Å²) < 4.78 is 20.3. The Morgan fingerprint density at radius 1 is 0.606 bits per heavy atom.